The van der Waals surface area contributed by atoms with Crippen molar-refractivity contribution in [2.45, 2.75) is 23.1 Å². The molecule has 1 unspecified atom stereocenters. The normalized spacial score (nSPS) is 12.0. The van der Waals surface area contributed by atoms with Crippen molar-refractivity contribution in [3.63, 3.8) is 0 Å². The molecule has 0 aliphatic carbocycles. The molecule has 0 saturated heterocycles. The van der Waals surface area contributed by atoms with Crippen LogP contribution in [0.3, 0.4) is 0 Å². The van der Waals surface area contributed by atoms with Crippen LogP contribution < -0.4 is 10.6 Å². The van der Waals surface area contributed by atoms with Crippen molar-refractivity contribution in [1.82, 2.24) is 15.2 Å². The van der Waals surface area contributed by atoms with Crippen LogP contribution in [0.5, 0.6) is 0 Å². The second kappa shape index (κ2) is 8.41. The summed E-state index contributed by atoms with van der Waals surface area (Å²) >= 11 is 2.78. The Morgan fingerprint density at radius 2 is 2.14 bits per heavy atom. The van der Waals surface area contributed by atoms with E-state index in [0.717, 1.165) is 26.7 Å². The predicted molar refractivity (Wildman–Crippen MR) is 112 cm³/mol. The summed E-state index contributed by atoms with van der Waals surface area (Å²) < 4.78 is 6.00. The average Bonchev–Trinajstić information content (AvgIpc) is 3.38. The number of hydrogen-bond donors (Lipinski definition) is 2. The highest BCUT2D eigenvalue weighted by molar-refractivity contribution is 8.02. The highest BCUT2D eigenvalue weighted by Gasteiger charge is 2.18. The molecule has 4 aromatic rings. The summed E-state index contributed by atoms with van der Waals surface area (Å²) in [4.78, 5) is 16.9. The minimum Gasteiger partial charge on any atom is -0.467 e. The molecule has 7 nitrogen and oxygen atoms in total. The standard InChI is InChI=1S/C19H17N5O2S2/c1-12(17(25)22-16-8-2-7-15-14(16)6-3-9-20-15)27-19-24-23-18(28-19)21-11-13-5-4-10-26-13/h2-10,12H,11H2,1H3,(H,21,23)(H,22,25). The molecule has 9 heteroatoms. The van der Waals surface area contributed by atoms with E-state index < -0.39 is 0 Å². The van der Waals surface area contributed by atoms with Crippen LogP contribution in [0.15, 0.2) is 63.7 Å². The van der Waals surface area contributed by atoms with Gasteiger partial charge in [-0.1, -0.05) is 29.2 Å². The summed E-state index contributed by atoms with van der Waals surface area (Å²) in [7, 11) is 0. The number of furan rings is 1. The van der Waals surface area contributed by atoms with Crippen LogP contribution in [-0.4, -0.2) is 26.3 Å². The minimum absolute atomic E-state index is 0.0957. The van der Waals surface area contributed by atoms with E-state index in [2.05, 4.69) is 25.8 Å². The molecule has 4 rings (SSSR count). The van der Waals surface area contributed by atoms with Crippen molar-refractivity contribution in [1.29, 1.82) is 0 Å². The summed E-state index contributed by atoms with van der Waals surface area (Å²) in [5, 5.41) is 15.7. The molecule has 0 radical (unpaired) electrons. The molecule has 0 aliphatic rings. The molecule has 3 heterocycles. The van der Waals surface area contributed by atoms with E-state index in [4.69, 9.17) is 4.42 Å². The third-order valence-corrected chi connectivity index (χ3v) is 6.02. The number of carbonyl (C=O) groups excluding carboxylic acids is 1. The summed E-state index contributed by atoms with van der Waals surface area (Å²) in [6.07, 6.45) is 3.37. The first kappa shape index (κ1) is 18.5. The number of benzene rings is 1. The summed E-state index contributed by atoms with van der Waals surface area (Å²) in [5.41, 5.74) is 1.60. The summed E-state index contributed by atoms with van der Waals surface area (Å²) in [6.45, 7) is 2.39. The Bertz CT molecular complexity index is 1080. The fourth-order valence-electron chi connectivity index (χ4n) is 2.56. The van der Waals surface area contributed by atoms with E-state index in [1.807, 2.05) is 49.4 Å². The van der Waals surface area contributed by atoms with Gasteiger partial charge in [0.25, 0.3) is 0 Å². The number of nitrogens with zero attached hydrogens (tertiary/aromatic N) is 3. The Morgan fingerprint density at radius 1 is 1.21 bits per heavy atom. The van der Waals surface area contributed by atoms with Crippen LogP contribution in [0.25, 0.3) is 10.9 Å². The molecule has 2 N–H and O–H groups in total. The zero-order valence-corrected chi connectivity index (χ0v) is 16.6. The summed E-state index contributed by atoms with van der Waals surface area (Å²) in [6, 6.07) is 13.2. The van der Waals surface area contributed by atoms with E-state index in [1.54, 1.807) is 12.5 Å². The molecule has 0 saturated carbocycles. The van der Waals surface area contributed by atoms with Gasteiger partial charge < -0.3 is 15.1 Å². The SMILES string of the molecule is CC(Sc1nnc(NCc2ccco2)s1)C(=O)Nc1cccc2ncccc12. The molecule has 28 heavy (non-hydrogen) atoms. The Kier molecular flexibility index (Phi) is 5.54. The molecule has 0 bridgehead atoms. The second-order valence-corrected chi connectivity index (χ2v) is 8.50. The van der Waals surface area contributed by atoms with E-state index in [-0.39, 0.29) is 11.2 Å². The predicted octanol–water partition coefficient (Wildman–Crippen LogP) is 4.41. The van der Waals surface area contributed by atoms with Gasteiger partial charge in [0.15, 0.2) is 4.34 Å². The number of nitrogens with one attached hydrogen (secondary N) is 2. The van der Waals surface area contributed by atoms with Gasteiger partial charge in [-0.25, -0.2) is 0 Å². The van der Waals surface area contributed by atoms with E-state index in [1.165, 1.54) is 23.1 Å². The fraction of sp³-hybridized carbons (Fsp3) is 0.158. The van der Waals surface area contributed by atoms with E-state index in [0.29, 0.717) is 11.7 Å². The van der Waals surface area contributed by atoms with E-state index in [9.17, 15) is 4.79 Å². The van der Waals surface area contributed by atoms with Gasteiger partial charge in [0.2, 0.25) is 11.0 Å². The smallest absolute Gasteiger partial charge is 0.237 e. The van der Waals surface area contributed by atoms with Gasteiger partial charge in [-0.2, -0.15) is 0 Å². The maximum atomic E-state index is 12.6. The van der Waals surface area contributed by atoms with Crippen molar-refractivity contribution >= 4 is 50.7 Å². The van der Waals surface area contributed by atoms with Crippen LogP contribution >= 0.6 is 23.1 Å². The lowest BCUT2D eigenvalue weighted by molar-refractivity contribution is -0.115. The van der Waals surface area contributed by atoms with Crippen LogP contribution in [-0.2, 0) is 11.3 Å². The van der Waals surface area contributed by atoms with Gasteiger partial charge in [-0.15, -0.1) is 10.2 Å². The van der Waals surface area contributed by atoms with Gasteiger partial charge in [-0.05, 0) is 43.3 Å². The van der Waals surface area contributed by atoms with Gasteiger partial charge in [0, 0.05) is 11.6 Å². The highest BCUT2D eigenvalue weighted by atomic mass is 32.2. The maximum absolute atomic E-state index is 12.6. The average molecular weight is 412 g/mol. The van der Waals surface area contributed by atoms with Crippen molar-refractivity contribution in [3.8, 4) is 0 Å². The molecule has 142 valence electrons. The topological polar surface area (TPSA) is 92.9 Å². The van der Waals surface area contributed by atoms with Crippen LogP contribution in [0.2, 0.25) is 0 Å². The molecule has 1 aromatic carbocycles. The number of hydrogen-bond acceptors (Lipinski definition) is 8. The molecular formula is C19H17N5O2S2. The number of fused-ring (bicyclic) bond motifs is 1. The van der Waals surface area contributed by atoms with Crippen LogP contribution in [0.4, 0.5) is 10.8 Å². The first-order chi connectivity index (χ1) is 13.7. The van der Waals surface area contributed by atoms with Gasteiger partial charge in [-0.3, -0.25) is 9.78 Å². The van der Waals surface area contributed by atoms with Gasteiger partial charge in [0.05, 0.1) is 29.3 Å². The van der Waals surface area contributed by atoms with Gasteiger partial charge >= 0.3 is 0 Å². The van der Waals surface area contributed by atoms with Gasteiger partial charge in [0.1, 0.15) is 5.76 Å². The monoisotopic (exact) mass is 411 g/mol. The van der Waals surface area contributed by atoms with Crippen molar-refractivity contribution < 1.29 is 9.21 Å². The number of thioether (sulfide) groups is 1. The lowest BCUT2D eigenvalue weighted by Crippen LogP contribution is -2.22. The van der Waals surface area contributed by atoms with Crippen molar-refractivity contribution in [2.75, 3.05) is 10.6 Å². The molecule has 1 amide bonds. The molecule has 1 atom stereocenters. The Balaban J connectivity index is 1.36. The first-order valence-corrected chi connectivity index (χ1v) is 10.3. The zero-order chi connectivity index (χ0) is 19.3. The maximum Gasteiger partial charge on any atom is 0.237 e. The molecule has 0 fully saturated rings. The van der Waals surface area contributed by atoms with Crippen LogP contribution in [0, 0.1) is 0 Å². The lowest BCUT2D eigenvalue weighted by Gasteiger charge is -2.12. The number of carbonyl (C=O) groups is 1. The van der Waals surface area contributed by atoms with Crippen LogP contribution in [0.1, 0.15) is 12.7 Å². The highest BCUT2D eigenvalue weighted by Crippen LogP contribution is 2.30. The number of rotatable bonds is 7. The molecule has 3 aromatic heterocycles. The zero-order valence-electron chi connectivity index (χ0n) is 15.0. The Hall–Kier alpha value is -2.91. The molecule has 0 spiro atoms. The Morgan fingerprint density at radius 3 is 3.00 bits per heavy atom. The number of aromatic nitrogens is 3. The van der Waals surface area contributed by atoms with Crippen molar-refractivity contribution in [3.05, 3.63) is 60.7 Å². The second-order valence-electron chi connectivity index (χ2n) is 5.93. The first-order valence-electron chi connectivity index (χ1n) is 8.60. The minimum atomic E-state index is -0.321. The third kappa shape index (κ3) is 4.32. The number of amides is 1. The Labute approximate surface area is 169 Å². The third-order valence-electron chi connectivity index (χ3n) is 3.95. The largest absolute Gasteiger partial charge is 0.467 e. The summed E-state index contributed by atoms with van der Waals surface area (Å²) in [5.74, 6) is 0.725. The van der Waals surface area contributed by atoms with Crippen molar-refractivity contribution in [2.24, 2.45) is 0 Å². The lowest BCUT2D eigenvalue weighted by atomic mass is 10.2. The molecule has 0 aliphatic heterocycles. The molecular weight excluding hydrogens is 394 g/mol. The van der Waals surface area contributed by atoms with E-state index >= 15 is 0 Å². The fourth-order valence-corrected chi connectivity index (χ4v) is 4.45. The quantitative estimate of drug-likeness (QED) is 0.435. The number of anilines is 2. The number of pyridine rings is 1.